The molecule has 0 saturated heterocycles. The van der Waals surface area contributed by atoms with Gasteiger partial charge in [0.1, 0.15) is 0 Å². The first kappa shape index (κ1) is 11.6. The number of nitrogens with one attached hydrogen (secondary N) is 1. The molecule has 1 aromatic heterocycles. The van der Waals surface area contributed by atoms with E-state index in [-0.39, 0.29) is 12.3 Å². The van der Waals surface area contributed by atoms with Crippen molar-refractivity contribution in [3.8, 4) is 0 Å². The molecule has 1 unspecified atom stereocenters. The number of hydrogen-bond donors (Lipinski definition) is 1. The van der Waals surface area contributed by atoms with Gasteiger partial charge in [0.2, 0.25) is 0 Å². The molecular weight excluding hydrogens is 200 g/mol. The maximum Gasteiger partial charge on any atom is 0.171 e. The molecule has 0 saturated carbocycles. The Bertz CT molecular complexity index is 237. The molecule has 1 N–H and O–H groups in total. The van der Waals surface area contributed by atoms with Crippen LogP contribution >= 0.6 is 11.3 Å². The Labute approximate surface area is 88.3 Å². The second kappa shape index (κ2) is 6.08. The fourth-order valence-corrected chi connectivity index (χ4v) is 1.74. The molecule has 5 heteroatoms. The summed E-state index contributed by atoms with van der Waals surface area (Å²) in [4.78, 5) is 5.21. The highest BCUT2D eigenvalue weighted by atomic mass is 32.1. The van der Waals surface area contributed by atoms with Gasteiger partial charge < -0.3 is 14.8 Å². The maximum atomic E-state index is 5.13. The van der Waals surface area contributed by atoms with Crippen molar-refractivity contribution in [2.45, 2.75) is 25.8 Å². The number of rotatable bonds is 6. The average molecular weight is 216 g/mol. The summed E-state index contributed by atoms with van der Waals surface area (Å²) in [6.07, 6.45) is 1.65. The van der Waals surface area contributed by atoms with Crippen LogP contribution in [0.4, 0.5) is 0 Å². The van der Waals surface area contributed by atoms with Gasteiger partial charge in [-0.25, -0.2) is 0 Å². The molecule has 0 amide bonds. The fraction of sp³-hybridized carbons (Fsp3) is 0.667. The molecule has 0 aliphatic rings. The number of aromatic nitrogens is 1. The first-order chi connectivity index (χ1) is 6.77. The van der Waals surface area contributed by atoms with Gasteiger partial charge in [0, 0.05) is 31.8 Å². The van der Waals surface area contributed by atoms with E-state index < -0.39 is 0 Å². The molecule has 1 atom stereocenters. The molecule has 0 aliphatic carbocycles. The molecule has 1 heterocycles. The zero-order valence-corrected chi connectivity index (χ0v) is 9.50. The van der Waals surface area contributed by atoms with Crippen molar-refractivity contribution in [1.82, 2.24) is 10.3 Å². The van der Waals surface area contributed by atoms with Crippen LogP contribution in [-0.2, 0) is 16.0 Å². The normalized spacial score (nSPS) is 13.4. The van der Waals surface area contributed by atoms with E-state index in [4.69, 9.17) is 9.47 Å². The van der Waals surface area contributed by atoms with Gasteiger partial charge in [0.25, 0.3) is 0 Å². The van der Waals surface area contributed by atoms with Crippen molar-refractivity contribution in [3.05, 3.63) is 16.6 Å². The third kappa shape index (κ3) is 3.34. The lowest BCUT2D eigenvalue weighted by Gasteiger charge is -2.21. The summed E-state index contributed by atoms with van der Waals surface area (Å²) < 4.78 is 10.3. The Kier molecular flexibility index (Phi) is 5.03. The van der Waals surface area contributed by atoms with Gasteiger partial charge in [-0.3, -0.25) is 4.98 Å². The van der Waals surface area contributed by atoms with Gasteiger partial charge in [-0.1, -0.05) is 0 Å². The zero-order valence-electron chi connectivity index (χ0n) is 8.69. The highest BCUT2D eigenvalue weighted by Gasteiger charge is 2.14. The summed E-state index contributed by atoms with van der Waals surface area (Å²) in [6.45, 7) is 2.83. The second-order valence-corrected chi connectivity index (χ2v) is 3.95. The molecule has 0 aliphatic heterocycles. The van der Waals surface area contributed by atoms with Crippen LogP contribution in [0.2, 0.25) is 0 Å². The number of thiazole rings is 1. The summed E-state index contributed by atoms with van der Waals surface area (Å²) >= 11 is 1.64. The summed E-state index contributed by atoms with van der Waals surface area (Å²) in [6, 6.07) is 0.159. The standard InChI is InChI=1S/C9H16N2O2S/c1-7(9(12-2)13-3)11-5-8-4-10-6-14-8/h4,6-7,9,11H,5H2,1-3H3. The van der Waals surface area contributed by atoms with E-state index in [1.807, 2.05) is 18.6 Å². The van der Waals surface area contributed by atoms with Gasteiger partial charge in [0.05, 0.1) is 11.6 Å². The van der Waals surface area contributed by atoms with Crippen LogP contribution in [0, 0.1) is 0 Å². The van der Waals surface area contributed by atoms with E-state index in [0.717, 1.165) is 6.54 Å². The van der Waals surface area contributed by atoms with Crippen LogP contribution in [0.15, 0.2) is 11.7 Å². The van der Waals surface area contributed by atoms with Crippen LogP contribution in [0.3, 0.4) is 0 Å². The van der Waals surface area contributed by atoms with Gasteiger partial charge in [-0.2, -0.15) is 0 Å². The van der Waals surface area contributed by atoms with Crippen molar-refractivity contribution >= 4 is 11.3 Å². The van der Waals surface area contributed by atoms with Crippen LogP contribution in [0.5, 0.6) is 0 Å². The molecule has 80 valence electrons. The van der Waals surface area contributed by atoms with Crippen molar-refractivity contribution in [2.24, 2.45) is 0 Å². The smallest absolute Gasteiger partial charge is 0.171 e. The molecule has 1 aromatic rings. The minimum Gasteiger partial charge on any atom is -0.354 e. The third-order valence-corrected chi connectivity index (χ3v) is 2.73. The average Bonchev–Trinajstić information content (AvgIpc) is 2.69. The van der Waals surface area contributed by atoms with E-state index in [9.17, 15) is 0 Å². The number of nitrogens with zero attached hydrogens (tertiary/aromatic N) is 1. The predicted molar refractivity (Wildman–Crippen MR) is 56.2 cm³/mol. The van der Waals surface area contributed by atoms with E-state index in [1.54, 1.807) is 25.6 Å². The number of ether oxygens (including phenoxy) is 2. The fourth-order valence-electron chi connectivity index (χ4n) is 1.19. The first-order valence-electron chi connectivity index (χ1n) is 4.44. The molecule has 0 spiro atoms. The largest absolute Gasteiger partial charge is 0.354 e. The molecule has 0 radical (unpaired) electrons. The van der Waals surface area contributed by atoms with Crippen molar-refractivity contribution < 1.29 is 9.47 Å². The minimum absolute atomic E-state index is 0.159. The first-order valence-corrected chi connectivity index (χ1v) is 5.32. The molecule has 0 aromatic carbocycles. The molecular formula is C9H16N2O2S. The van der Waals surface area contributed by atoms with Crippen LogP contribution in [-0.4, -0.2) is 31.5 Å². The van der Waals surface area contributed by atoms with Gasteiger partial charge >= 0.3 is 0 Å². The van der Waals surface area contributed by atoms with E-state index >= 15 is 0 Å². The van der Waals surface area contributed by atoms with Gasteiger partial charge in [-0.05, 0) is 6.92 Å². The second-order valence-electron chi connectivity index (χ2n) is 2.98. The highest BCUT2D eigenvalue weighted by molar-refractivity contribution is 7.09. The molecule has 0 bridgehead atoms. The summed E-state index contributed by atoms with van der Waals surface area (Å²) in [7, 11) is 3.28. The van der Waals surface area contributed by atoms with Crippen LogP contribution in [0.25, 0.3) is 0 Å². The third-order valence-electron chi connectivity index (χ3n) is 1.95. The molecule has 14 heavy (non-hydrogen) atoms. The Morgan fingerprint density at radius 1 is 1.50 bits per heavy atom. The minimum atomic E-state index is -0.206. The topological polar surface area (TPSA) is 43.4 Å². The van der Waals surface area contributed by atoms with Crippen LogP contribution in [0.1, 0.15) is 11.8 Å². The maximum absolute atomic E-state index is 5.13. The lowest BCUT2D eigenvalue weighted by atomic mass is 10.3. The van der Waals surface area contributed by atoms with E-state index in [0.29, 0.717) is 0 Å². The number of methoxy groups -OCH3 is 2. The quantitative estimate of drug-likeness (QED) is 0.727. The Morgan fingerprint density at radius 2 is 2.21 bits per heavy atom. The molecule has 4 nitrogen and oxygen atoms in total. The van der Waals surface area contributed by atoms with E-state index in [1.165, 1.54) is 4.88 Å². The van der Waals surface area contributed by atoms with E-state index in [2.05, 4.69) is 10.3 Å². The molecule has 0 fully saturated rings. The van der Waals surface area contributed by atoms with Gasteiger partial charge in [0.15, 0.2) is 6.29 Å². The lowest BCUT2D eigenvalue weighted by Crippen LogP contribution is -2.39. The van der Waals surface area contributed by atoms with Crippen LogP contribution < -0.4 is 5.32 Å². The summed E-state index contributed by atoms with van der Waals surface area (Å²) in [5, 5.41) is 3.31. The summed E-state index contributed by atoms with van der Waals surface area (Å²) in [5.74, 6) is 0. The van der Waals surface area contributed by atoms with Gasteiger partial charge in [-0.15, -0.1) is 11.3 Å². The summed E-state index contributed by atoms with van der Waals surface area (Å²) in [5.41, 5.74) is 1.83. The Hall–Kier alpha value is -0.490. The monoisotopic (exact) mass is 216 g/mol. The predicted octanol–water partition coefficient (Wildman–Crippen LogP) is 1.24. The van der Waals surface area contributed by atoms with Crippen molar-refractivity contribution in [1.29, 1.82) is 0 Å². The molecule has 1 rings (SSSR count). The Balaban J connectivity index is 2.30. The highest BCUT2D eigenvalue weighted by Crippen LogP contribution is 2.06. The zero-order chi connectivity index (χ0) is 10.4. The van der Waals surface area contributed by atoms with Crippen molar-refractivity contribution in [3.63, 3.8) is 0 Å². The Morgan fingerprint density at radius 3 is 2.71 bits per heavy atom. The SMILES string of the molecule is COC(OC)C(C)NCc1cncs1. The lowest BCUT2D eigenvalue weighted by molar-refractivity contribution is -0.119. The van der Waals surface area contributed by atoms with Crippen molar-refractivity contribution in [2.75, 3.05) is 14.2 Å². The number of hydrogen-bond acceptors (Lipinski definition) is 5.